The maximum Gasteiger partial charge on any atom is 0.126 e. The van der Waals surface area contributed by atoms with E-state index in [1.54, 1.807) is 6.07 Å². The van der Waals surface area contributed by atoms with Crippen molar-refractivity contribution in [1.29, 1.82) is 0 Å². The number of aryl methyl sites for hydroxylation is 3. The summed E-state index contributed by atoms with van der Waals surface area (Å²) < 4.78 is 14.2. The molecule has 0 heterocycles. The van der Waals surface area contributed by atoms with Gasteiger partial charge in [-0.3, -0.25) is 0 Å². The van der Waals surface area contributed by atoms with Crippen molar-refractivity contribution in [2.75, 3.05) is 0 Å². The molecule has 0 aliphatic heterocycles. The molecule has 3 aromatic rings. The van der Waals surface area contributed by atoms with Gasteiger partial charge in [-0.05, 0) is 65.3 Å². The zero-order valence-electron chi connectivity index (χ0n) is 14.4. The van der Waals surface area contributed by atoms with Gasteiger partial charge >= 0.3 is 0 Å². The molecule has 0 aliphatic rings. The summed E-state index contributed by atoms with van der Waals surface area (Å²) in [5.74, 6) is -0.0799. The van der Waals surface area contributed by atoms with Crippen LogP contribution in [0.4, 0.5) is 4.39 Å². The normalized spacial score (nSPS) is 10.8. The fourth-order valence-electron chi connectivity index (χ4n) is 3.02. The molecule has 0 radical (unpaired) electrons. The third-order valence-electron chi connectivity index (χ3n) is 4.47. The summed E-state index contributed by atoms with van der Waals surface area (Å²) >= 11 is 5.93. The van der Waals surface area contributed by atoms with Crippen molar-refractivity contribution in [3.05, 3.63) is 94.3 Å². The molecule has 0 amide bonds. The summed E-state index contributed by atoms with van der Waals surface area (Å²) in [7, 11) is 0. The van der Waals surface area contributed by atoms with Crippen LogP contribution in [0.5, 0.6) is 0 Å². The Bertz CT molecular complexity index is 820. The van der Waals surface area contributed by atoms with E-state index >= 15 is 0 Å². The number of hydrogen-bond donors (Lipinski definition) is 0. The highest BCUT2D eigenvalue weighted by Gasteiger charge is 2.05. The molecule has 0 bridgehead atoms. The van der Waals surface area contributed by atoms with E-state index in [-0.39, 0.29) is 5.82 Å². The predicted molar refractivity (Wildman–Crippen MR) is 105 cm³/mol. The predicted octanol–water partition coefficient (Wildman–Crippen LogP) is 6.88. The smallest absolute Gasteiger partial charge is 0.126 e. The molecule has 3 aromatic carbocycles. The summed E-state index contributed by atoms with van der Waals surface area (Å²) in [5.41, 5.74) is 5.40. The number of hydrogen-bond acceptors (Lipinski definition) is 0. The highest BCUT2D eigenvalue weighted by Crippen LogP contribution is 2.22. The molecule has 0 saturated carbocycles. The molecule has 3 rings (SSSR count). The van der Waals surface area contributed by atoms with Crippen LogP contribution in [0.2, 0.25) is 5.02 Å². The van der Waals surface area contributed by atoms with E-state index in [4.69, 9.17) is 11.6 Å². The lowest BCUT2D eigenvalue weighted by atomic mass is 9.99. The monoisotopic (exact) mass is 352 g/mol. The highest BCUT2D eigenvalue weighted by atomic mass is 35.5. The summed E-state index contributed by atoms with van der Waals surface area (Å²) in [4.78, 5) is 0. The minimum absolute atomic E-state index is 0.0799. The molecule has 0 atom stereocenters. The van der Waals surface area contributed by atoms with Gasteiger partial charge in [-0.25, -0.2) is 4.39 Å². The van der Waals surface area contributed by atoms with E-state index in [2.05, 4.69) is 31.2 Å². The Kier molecular flexibility index (Phi) is 5.88. The lowest BCUT2D eigenvalue weighted by molar-refractivity contribution is 0.606. The third kappa shape index (κ3) is 4.70. The Labute approximate surface area is 154 Å². The van der Waals surface area contributed by atoms with E-state index in [1.807, 2.05) is 36.4 Å². The van der Waals surface area contributed by atoms with E-state index in [0.29, 0.717) is 0 Å². The average molecular weight is 353 g/mol. The lowest BCUT2D eigenvalue weighted by Gasteiger charge is -2.07. The zero-order valence-corrected chi connectivity index (χ0v) is 15.2. The molecule has 2 heteroatoms. The van der Waals surface area contributed by atoms with Crippen LogP contribution in [0.1, 0.15) is 30.0 Å². The minimum atomic E-state index is -0.0799. The van der Waals surface area contributed by atoms with Crippen molar-refractivity contribution in [3.8, 4) is 11.1 Å². The topological polar surface area (TPSA) is 0 Å². The molecule has 0 nitrogen and oxygen atoms in total. The third-order valence-corrected chi connectivity index (χ3v) is 4.72. The number of rotatable bonds is 6. The van der Waals surface area contributed by atoms with Crippen LogP contribution in [-0.2, 0) is 19.3 Å². The van der Waals surface area contributed by atoms with Crippen molar-refractivity contribution >= 4 is 11.6 Å². The summed E-state index contributed by atoms with van der Waals surface area (Å²) in [5, 5.41) is 0.743. The molecule has 0 unspecified atom stereocenters. The first-order chi connectivity index (χ1) is 12.2. The Morgan fingerprint density at radius 1 is 0.720 bits per heavy atom. The Morgan fingerprint density at radius 3 is 1.92 bits per heavy atom. The maximum atomic E-state index is 14.2. The van der Waals surface area contributed by atoms with Gasteiger partial charge in [0.1, 0.15) is 5.82 Å². The highest BCUT2D eigenvalue weighted by molar-refractivity contribution is 6.30. The van der Waals surface area contributed by atoms with Gasteiger partial charge < -0.3 is 0 Å². The van der Waals surface area contributed by atoms with Crippen molar-refractivity contribution in [3.63, 3.8) is 0 Å². The molecule has 0 aliphatic carbocycles. The van der Waals surface area contributed by atoms with Crippen LogP contribution in [0, 0.1) is 5.82 Å². The fraction of sp³-hybridized carbons (Fsp3) is 0.217. The van der Waals surface area contributed by atoms with Gasteiger partial charge in [-0.1, -0.05) is 73.5 Å². The molecule has 0 N–H and O–H groups in total. The summed E-state index contributed by atoms with van der Waals surface area (Å²) in [6.45, 7) is 2.11. The van der Waals surface area contributed by atoms with Crippen LogP contribution in [0.25, 0.3) is 11.1 Å². The summed E-state index contributed by atoms with van der Waals surface area (Å²) in [6.07, 6.45) is 3.53. The molecule has 0 fully saturated rings. The summed E-state index contributed by atoms with van der Waals surface area (Å²) in [6, 6.07) is 22.0. The Morgan fingerprint density at radius 2 is 1.32 bits per heavy atom. The zero-order chi connectivity index (χ0) is 17.6. The van der Waals surface area contributed by atoms with Gasteiger partial charge in [0.15, 0.2) is 0 Å². The SMILES string of the molecule is CCCc1ccc(CCc2ccc(-c3ccc(Cl)cc3)cc2)c(F)c1. The van der Waals surface area contributed by atoms with Crippen LogP contribution < -0.4 is 0 Å². The first-order valence-corrected chi connectivity index (χ1v) is 9.15. The van der Waals surface area contributed by atoms with Crippen LogP contribution in [-0.4, -0.2) is 0 Å². The molecule has 0 saturated heterocycles. The van der Waals surface area contributed by atoms with E-state index in [9.17, 15) is 4.39 Å². The quantitative estimate of drug-likeness (QED) is 0.453. The second-order valence-electron chi connectivity index (χ2n) is 6.38. The first kappa shape index (κ1) is 17.7. The Balaban J connectivity index is 1.65. The van der Waals surface area contributed by atoms with Gasteiger partial charge in [-0.2, -0.15) is 0 Å². The van der Waals surface area contributed by atoms with Gasteiger partial charge in [0.05, 0.1) is 0 Å². The number of halogens is 2. The molecule has 25 heavy (non-hydrogen) atoms. The molecular formula is C23H22ClF. The van der Waals surface area contributed by atoms with Crippen LogP contribution >= 0.6 is 11.6 Å². The minimum Gasteiger partial charge on any atom is -0.207 e. The number of benzene rings is 3. The van der Waals surface area contributed by atoms with E-state index in [0.717, 1.165) is 53.0 Å². The molecule has 128 valence electrons. The maximum absolute atomic E-state index is 14.2. The fourth-order valence-corrected chi connectivity index (χ4v) is 3.15. The van der Waals surface area contributed by atoms with Crippen molar-refractivity contribution in [1.82, 2.24) is 0 Å². The lowest BCUT2D eigenvalue weighted by Crippen LogP contribution is -1.96. The molecule has 0 aromatic heterocycles. The van der Waals surface area contributed by atoms with E-state index < -0.39 is 0 Å². The van der Waals surface area contributed by atoms with E-state index in [1.165, 1.54) is 5.56 Å². The van der Waals surface area contributed by atoms with Gasteiger partial charge in [0.25, 0.3) is 0 Å². The second-order valence-corrected chi connectivity index (χ2v) is 6.82. The van der Waals surface area contributed by atoms with Crippen LogP contribution in [0.15, 0.2) is 66.7 Å². The molecular weight excluding hydrogens is 331 g/mol. The largest absolute Gasteiger partial charge is 0.207 e. The molecule has 0 spiro atoms. The van der Waals surface area contributed by atoms with Gasteiger partial charge in [0.2, 0.25) is 0 Å². The standard InChI is InChI=1S/C23H22ClF/c1-2-3-18-7-11-21(23(25)16-18)10-6-17-4-8-19(9-5-17)20-12-14-22(24)15-13-20/h4-5,7-9,11-16H,2-3,6,10H2,1H3. The second kappa shape index (κ2) is 8.31. The average Bonchev–Trinajstić information content (AvgIpc) is 2.62. The van der Waals surface area contributed by atoms with Gasteiger partial charge in [-0.15, -0.1) is 0 Å². The van der Waals surface area contributed by atoms with Gasteiger partial charge in [0, 0.05) is 5.02 Å². The van der Waals surface area contributed by atoms with Crippen LogP contribution in [0.3, 0.4) is 0 Å². The first-order valence-electron chi connectivity index (χ1n) is 8.78. The van der Waals surface area contributed by atoms with Crippen molar-refractivity contribution in [2.45, 2.75) is 32.6 Å². The van der Waals surface area contributed by atoms with Crippen molar-refractivity contribution in [2.24, 2.45) is 0 Å². The van der Waals surface area contributed by atoms with Crippen molar-refractivity contribution < 1.29 is 4.39 Å². The Hall–Kier alpha value is -2.12.